The smallest absolute Gasteiger partial charge is 0.278 e. The van der Waals surface area contributed by atoms with E-state index >= 15 is 0 Å². The molecule has 0 saturated carbocycles. The molecule has 0 aliphatic rings. The molecule has 2 rings (SSSR count). The van der Waals surface area contributed by atoms with Crippen LogP contribution in [0.3, 0.4) is 0 Å². The summed E-state index contributed by atoms with van der Waals surface area (Å²) in [5.41, 5.74) is 6.85. The Bertz CT molecular complexity index is 652. The molecular formula is C13H15FN4O2. The van der Waals surface area contributed by atoms with Crippen LogP contribution < -0.4 is 5.73 Å². The maximum Gasteiger partial charge on any atom is 0.278 e. The standard InChI is InChI=1S/C13H15FN4O2/c1-7(2)5-10-12(16-17-13(10)15)9-6-8(14)3-4-11(9)18(19)20/h3-4,6-7H,5H2,1-2H3,(H3,15,16,17). The summed E-state index contributed by atoms with van der Waals surface area (Å²) in [6.45, 7) is 3.99. The number of anilines is 1. The molecule has 2 aromatic rings. The first-order valence-corrected chi connectivity index (χ1v) is 6.17. The van der Waals surface area contributed by atoms with Crippen LogP contribution in [0.25, 0.3) is 11.3 Å². The van der Waals surface area contributed by atoms with Crippen LogP contribution in [0.5, 0.6) is 0 Å². The summed E-state index contributed by atoms with van der Waals surface area (Å²) in [6.07, 6.45) is 0.603. The molecule has 20 heavy (non-hydrogen) atoms. The van der Waals surface area contributed by atoms with E-state index < -0.39 is 10.7 Å². The minimum Gasteiger partial charge on any atom is -0.382 e. The van der Waals surface area contributed by atoms with Crippen LogP contribution in [0.2, 0.25) is 0 Å². The van der Waals surface area contributed by atoms with E-state index in [1.807, 2.05) is 13.8 Å². The largest absolute Gasteiger partial charge is 0.382 e. The van der Waals surface area contributed by atoms with Gasteiger partial charge in [-0.2, -0.15) is 5.10 Å². The van der Waals surface area contributed by atoms with Crippen molar-refractivity contribution in [1.29, 1.82) is 0 Å². The Kier molecular flexibility index (Phi) is 3.69. The molecule has 0 amide bonds. The van der Waals surface area contributed by atoms with E-state index in [4.69, 9.17) is 5.73 Å². The van der Waals surface area contributed by atoms with Crippen LogP contribution in [0, 0.1) is 21.8 Å². The SMILES string of the molecule is CC(C)Cc1c(N)n[nH]c1-c1cc(F)ccc1[N+](=O)[O-]. The highest BCUT2D eigenvalue weighted by Crippen LogP contribution is 2.34. The highest BCUT2D eigenvalue weighted by Gasteiger charge is 2.22. The predicted octanol–water partition coefficient (Wildman–Crippen LogP) is 2.90. The lowest BCUT2D eigenvalue weighted by Crippen LogP contribution is -2.00. The summed E-state index contributed by atoms with van der Waals surface area (Å²) >= 11 is 0. The molecule has 0 atom stereocenters. The van der Waals surface area contributed by atoms with Gasteiger partial charge in [0.2, 0.25) is 0 Å². The van der Waals surface area contributed by atoms with Crippen molar-refractivity contribution in [2.45, 2.75) is 20.3 Å². The number of hydrogen-bond acceptors (Lipinski definition) is 4. The Morgan fingerprint density at radius 2 is 2.20 bits per heavy atom. The van der Waals surface area contributed by atoms with Crippen LogP contribution in [0.1, 0.15) is 19.4 Å². The minimum atomic E-state index is -0.551. The van der Waals surface area contributed by atoms with Crippen molar-refractivity contribution in [2.75, 3.05) is 5.73 Å². The van der Waals surface area contributed by atoms with E-state index in [1.165, 1.54) is 0 Å². The highest BCUT2D eigenvalue weighted by molar-refractivity contribution is 5.75. The van der Waals surface area contributed by atoms with Gasteiger partial charge in [-0.05, 0) is 24.5 Å². The fourth-order valence-corrected chi connectivity index (χ4v) is 2.08. The molecule has 0 spiro atoms. The number of hydrogen-bond donors (Lipinski definition) is 2. The molecule has 0 bridgehead atoms. The van der Waals surface area contributed by atoms with E-state index in [2.05, 4.69) is 10.2 Å². The Hall–Kier alpha value is -2.44. The minimum absolute atomic E-state index is 0.162. The topological polar surface area (TPSA) is 97.8 Å². The number of halogens is 1. The lowest BCUT2D eigenvalue weighted by molar-refractivity contribution is -0.384. The maximum atomic E-state index is 13.4. The molecule has 0 saturated heterocycles. The number of aromatic amines is 1. The first-order valence-electron chi connectivity index (χ1n) is 6.17. The molecule has 0 unspecified atom stereocenters. The average molecular weight is 278 g/mol. The van der Waals surface area contributed by atoms with Crippen molar-refractivity contribution < 1.29 is 9.31 Å². The molecule has 0 radical (unpaired) electrons. The van der Waals surface area contributed by atoms with E-state index in [9.17, 15) is 14.5 Å². The number of nitrogens with zero attached hydrogens (tertiary/aromatic N) is 2. The number of aromatic nitrogens is 2. The normalized spacial score (nSPS) is 11.0. The zero-order valence-electron chi connectivity index (χ0n) is 11.2. The van der Waals surface area contributed by atoms with Crippen molar-refractivity contribution >= 4 is 11.5 Å². The lowest BCUT2D eigenvalue weighted by atomic mass is 9.98. The highest BCUT2D eigenvalue weighted by atomic mass is 19.1. The summed E-state index contributed by atoms with van der Waals surface area (Å²) in [5.74, 6) is 0.0304. The number of rotatable bonds is 4. The van der Waals surface area contributed by atoms with E-state index in [1.54, 1.807) is 0 Å². The fraction of sp³-hybridized carbons (Fsp3) is 0.308. The number of benzene rings is 1. The molecule has 0 aliphatic heterocycles. The van der Waals surface area contributed by atoms with Gasteiger partial charge < -0.3 is 5.73 Å². The summed E-state index contributed by atoms with van der Waals surface area (Å²) in [7, 11) is 0. The number of nitro groups is 1. The molecule has 0 fully saturated rings. The third-order valence-corrected chi connectivity index (χ3v) is 2.94. The van der Waals surface area contributed by atoms with Crippen molar-refractivity contribution in [1.82, 2.24) is 10.2 Å². The van der Waals surface area contributed by atoms with Gasteiger partial charge in [0.1, 0.15) is 11.6 Å². The van der Waals surface area contributed by atoms with Gasteiger partial charge in [-0.1, -0.05) is 13.8 Å². The Morgan fingerprint density at radius 1 is 1.50 bits per heavy atom. The third-order valence-electron chi connectivity index (χ3n) is 2.94. The molecule has 1 aromatic heterocycles. The lowest BCUT2D eigenvalue weighted by Gasteiger charge is -2.07. The van der Waals surface area contributed by atoms with E-state index in [-0.39, 0.29) is 17.1 Å². The van der Waals surface area contributed by atoms with Gasteiger partial charge in [-0.25, -0.2) is 4.39 Å². The summed E-state index contributed by atoms with van der Waals surface area (Å²) in [5, 5.41) is 17.6. The molecule has 1 heterocycles. The summed E-state index contributed by atoms with van der Waals surface area (Å²) in [6, 6.07) is 3.32. The number of nitrogens with one attached hydrogen (secondary N) is 1. The monoisotopic (exact) mass is 278 g/mol. The Balaban J connectivity index is 2.62. The van der Waals surface area contributed by atoms with Crippen LogP contribution >= 0.6 is 0 Å². The predicted molar refractivity (Wildman–Crippen MR) is 73.6 cm³/mol. The maximum absolute atomic E-state index is 13.4. The second-order valence-corrected chi connectivity index (χ2v) is 4.98. The van der Waals surface area contributed by atoms with Gasteiger partial charge in [0.05, 0.1) is 16.2 Å². The first-order chi connectivity index (χ1) is 9.40. The second-order valence-electron chi connectivity index (χ2n) is 4.98. The second kappa shape index (κ2) is 5.28. The Morgan fingerprint density at radius 3 is 2.80 bits per heavy atom. The van der Waals surface area contributed by atoms with Gasteiger partial charge in [0.15, 0.2) is 0 Å². The quantitative estimate of drug-likeness (QED) is 0.663. The van der Waals surface area contributed by atoms with Crippen LogP contribution in [-0.2, 0) is 6.42 Å². The van der Waals surface area contributed by atoms with E-state index in [0.29, 0.717) is 23.6 Å². The van der Waals surface area contributed by atoms with Crippen LogP contribution in [0.15, 0.2) is 18.2 Å². The third kappa shape index (κ3) is 2.61. The van der Waals surface area contributed by atoms with Gasteiger partial charge in [0.25, 0.3) is 5.69 Å². The Labute approximate surface area is 115 Å². The number of nitrogens with two attached hydrogens (primary N) is 1. The molecule has 1 aromatic carbocycles. The first kappa shape index (κ1) is 14.0. The van der Waals surface area contributed by atoms with Crippen molar-refractivity contribution in [2.24, 2.45) is 5.92 Å². The number of nitrogen functional groups attached to an aromatic ring is 1. The molecule has 7 heteroatoms. The molecule has 6 nitrogen and oxygen atoms in total. The van der Waals surface area contributed by atoms with Gasteiger partial charge in [-0.3, -0.25) is 15.2 Å². The van der Waals surface area contributed by atoms with Crippen molar-refractivity contribution in [3.05, 3.63) is 39.7 Å². The van der Waals surface area contributed by atoms with Gasteiger partial charge in [0, 0.05) is 11.6 Å². The summed E-state index contributed by atoms with van der Waals surface area (Å²) < 4.78 is 13.4. The zero-order valence-corrected chi connectivity index (χ0v) is 11.2. The summed E-state index contributed by atoms with van der Waals surface area (Å²) in [4.78, 5) is 10.5. The van der Waals surface area contributed by atoms with Crippen molar-refractivity contribution in [3.63, 3.8) is 0 Å². The van der Waals surface area contributed by atoms with Gasteiger partial charge in [-0.15, -0.1) is 0 Å². The van der Waals surface area contributed by atoms with Gasteiger partial charge >= 0.3 is 0 Å². The molecule has 106 valence electrons. The number of H-pyrrole nitrogens is 1. The number of nitro benzene ring substituents is 1. The molecule has 0 aliphatic carbocycles. The van der Waals surface area contributed by atoms with Crippen LogP contribution in [-0.4, -0.2) is 15.1 Å². The molecule has 3 N–H and O–H groups in total. The van der Waals surface area contributed by atoms with Crippen LogP contribution in [0.4, 0.5) is 15.9 Å². The van der Waals surface area contributed by atoms with Crippen molar-refractivity contribution in [3.8, 4) is 11.3 Å². The van der Waals surface area contributed by atoms with E-state index in [0.717, 1.165) is 18.2 Å². The zero-order chi connectivity index (χ0) is 14.9. The fourth-order valence-electron chi connectivity index (χ4n) is 2.08. The molecular weight excluding hydrogens is 263 g/mol. The average Bonchev–Trinajstić information content (AvgIpc) is 2.70.